The van der Waals surface area contributed by atoms with Gasteiger partial charge in [-0.25, -0.2) is 0 Å². The SMILES string of the molecule is CC[C@H](Oc1ccc(Cl)c(C)c1)C(=O)NCCOc1cccc2ccccc12. The molecule has 0 radical (unpaired) electrons. The van der Waals surface area contributed by atoms with Crippen molar-refractivity contribution in [2.24, 2.45) is 0 Å². The van der Waals surface area contributed by atoms with Crippen LogP contribution in [0.1, 0.15) is 18.9 Å². The molecule has 0 fully saturated rings. The monoisotopic (exact) mass is 397 g/mol. The summed E-state index contributed by atoms with van der Waals surface area (Å²) in [5.41, 5.74) is 0.915. The van der Waals surface area contributed by atoms with E-state index in [-0.39, 0.29) is 5.91 Å². The molecule has 0 bridgehead atoms. The highest BCUT2D eigenvalue weighted by molar-refractivity contribution is 6.31. The standard InChI is InChI=1S/C23H24ClNO3/c1-3-21(28-18-11-12-20(24)16(2)15-18)23(26)25-13-14-27-22-10-6-8-17-7-4-5-9-19(17)22/h4-12,15,21H,3,13-14H2,1-2H3,(H,25,26)/t21-/m0/s1. The lowest BCUT2D eigenvalue weighted by molar-refractivity contribution is -0.128. The fourth-order valence-electron chi connectivity index (χ4n) is 2.95. The van der Waals surface area contributed by atoms with E-state index in [1.807, 2.05) is 62.4 Å². The molecule has 0 aliphatic carbocycles. The second-order valence-electron chi connectivity index (χ2n) is 6.54. The molecule has 0 heterocycles. The number of halogens is 1. The van der Waals surface area contributed by atoms with Gasteiger partial charge in [0.25, 0.3) is 5.91 Å². The van der Waals surface area contributed by atoms with Gasteiger partial charge in [-0.2, -0.15) is 0 Å². The topological polar surface area (TPSA) is 47.6 Å². The van der Waals surface area contributed by atoms with Crippen LogP contribution in [0.25, 0.3) is 10.8 Å². The highest BCUT2D eigenvalue weighted by atomic mass is 35.5. The Morgan fingerprint density at radius 3 is 2.68 bits per heavy atom. The minimum Gasteiger partial charge on any atom is -0.491 e. The minimum atomic E-state index is -0.557. The first-order valence-electron chi connectivity index (χ1n) is 9.39. The highest BCUT2D eigenvalue weighted by Crippen LogP contribution is 2.25. The van der Waals surface area contributed by atoms with Crippen LogP contribution in [0, 0.1) is 6.92 Å². The molecule has 4 nitrogen and oxygen atoms in total. The number of rotatable bonds is 8. The largest absolute Gasteiger partial charge is 0.491 e. The molecular formula is C23H24ClNO3. The summed E-state index contributed by atoms with van der Waals surface area (Å²) in [7, 11) is 0. The molecule has 0 aliphatic rings. The van der Waals surface area contributed by atoms with Gasteiger partial charge >= 0.3 is 0 Å². The Labute approximate surface area is 170 Å². The summed E-state index contributed by atoms with van der Waals surface area (Å²) in [5.74, 6) is 1.29. The Morgan fingerprint density at radius 1 is 1.11 bits per heavy atom. The van der Waals surface area contributed by atoms with E-state index in [1.54, 1.807) is 12.1 Å². The van der Waals surface area contributed by atoms with E-state index in [4.69, 9.17) is 21.1 Å². The predicted octanol–water partition coefficient (Wildman–Crippen LogP) is 5.15. The molecule has 1 atom stereocenters. The molecule has 0 aliphatic heterocycles. The smallest absolute Gasteiger partial charge is 0.261 e. The van der Waals surface area contributed by atoms with Gasteiger partial charge < -0.3 is 14.8 Å². The molecule has 3 aromatic carbocycles. The lowest BCUT2D eigenvalue weighted by Gasteiger charge is -2.18. The number of nitrogens with one attached hydrogen (secondary N) is 1. The van der Waals surface area contributed by atoms with Crippen molar-refractivity contribution in [3.8, 4) is 11.5 Å². The Bertz CT molecular complexity index is 952. The van der Waals surface area contributed by atoms with Gasteiger partial charge in [-0.3, -0.25) is 4.79 Å². The maximum absolute atomic E-state index is 12.4. The summed E-state index contributed by atoms with van der Waals surface area (Å²) in [6, 6.07) is 19.4. The van der Waals surface area contributed by atoms with E-state index in [9.17, 15) is 4.79 Å². The molecule has 1 amide bonds. The molecule has 3 rings (SSSR count). The van der Waals surface area contributed by atoms with Crippen LogP contribution in [0.15, 0.2) is 60.7 Å². The van der Waals surface area contributed by atoms with Crippen LogP contribution in [0.4, 0.5) is 0 Å². The predicted molar refractivity (Wildman–Crippen MR) is 113 cm³/mol. The van der Waals surface area contributed by atoms with Crippen LogP contribution in [-0.2, 0) is 4.79 Å². The highest BCUT2D eigenvalue weighted by Gasteiger charge is 2.18. The van der Waals surface area contributed by atoms with E-state index in [0.717, 1.165) is 22.1 Å². The van der Waals surface area contributed by atoms with Gasteiger partial charge in [0.15, 0.2) is 6.10 Å². The third-order valence-electron chi connectivity index (χ3n) is 4.48. The molecule has 0 spiro atoms. The molecule has 28 heavy (non-hydrogen) atoms. The van der Waals surface area contributed by atoms with Crippen LogP contribution in [0.5, 0.6) is 11.5 Å². The van der Waals surface area contributed by atoms with Gasteiger partial charge in [-0.15, -0.1) is 0 Å². The minimum absolute atomic E-state index is 0.156. The zero-order chi connectivity index (χ0) is 19.9. The van der Waals surface area contributed by atoms with Gasteiger partial charge in [-0.05, 0) is 48.6 Å². The molecule has 1 N–H and O–H groups in total. The Hall–Kier alpha value is -2.72. The Balaban J connectivity index is 1.51. The second kappa shape index (κ2) is 9.47. The molecule has 5 heteroatoms. The second-order valence-corrected chi connectivity index (χ2v) is 6.95. The summed E-state index contributed by atoms with van der Waals surface area (Å²) in [6.07, 6.45) is 0.00986. The third-order valence-corrected chi connectivity index (χ3v) is 4.90. The van der Waals surface area contributed by atoms with Crippen LogP contribution in [-0.4, -0.2) is 25.2 Å². The normalized spacial score (nSPS) is 11.8. The zero-order valence-corrected chi connectivity index (χ0v) is 16.8. The number of carbonyl (C=O) groups is 1. The van der Waals surface area contributed by atoms with Gasteiger partial charge in [0.1, 0.15) is 18.1 Å². The molecule has 0 aromatic heterocycles. The fraction of sp³-hybridized carbons (Fsp3) is 0.261. The van der Waals surface area contributed by atoms with Crippen molar-refractivity contribution in [2.45, 2.75) is 26.4 Å². The molecular weight excluding hydrogens is 374 g/mol. The maximum Gasteiger partial charge on any atom is 0.261 e. The first-order chi connectivity index (χ1) is 13.6. The van der Waals surface area contributed by atoms with E-state index in [0.29, 0.717) is 30.3 Å². The molecule has 0 unspecified atom stereocenters. The van der Waals surface area contributed by atoms with Crippen molar-refractivity contribution in [3.63, 3.8) is 0 Å². The van der Waals surface area contributed by atoms with Crippen molar-refractivity contribution in [1.29, 1.82) is 0 Å². The lowest BCUT2D eigenvalue weighted by Crippen LogP contribution is -2.39. The molecule has 0 saturated carbocycles. The summed E-state index contributed by atoms with van der Waals surface area (Å²) in [6.45, 7) is 4.61. The number of hydrogen-bond donors (Lipinski definition) is 1. The summed E-state index contributed by atoms with van der Waals surface area (Å²) in [5, 5.41) is 5.75. The summed E-state index contributed by atoms with van der Waals surface area (Å²) >= 11 is 6.04. The first-order valence-corrected chi connectivity index (χ1v) is 9.77. The number of ether oxygens (including phenoxy) is 2. The molecule has 146 valence electrons. The van der Waals surface area contributed by atoms with Gasteiger partial charge in [0, 0.05) is 10.4 Å². The fourth-order valence-corrected chi connectivity index (χ4v) is 3.07. The maximum atomic E-state index is 12.4. The lowest BCUT2D eigenvalue weighted by atomic mass is 10.1. The number of amides is 1. The summed E-state index contributed by atoms with van der Waals surface area (Å²) < 4.78 is 11.7. The first kappa shape index (κ1) is 20.0. The van der Waals surface area contributed by atoms with Crippen molar-refractivity contribution >= 4 is 28.3 Å². The van der Waals surface area contributed by atoms with Crippen LogP contribution in [0.2, 0.25) is 5.02 Å². The zero-order valence-electron chi connectivity index (χ0n) is 16.1. The van der Waals surface area contributed by atoms with Crippen molar-refractivity contribution < 1.29 is 14.3 Å². The number of fused-ring (bicyclic) bond motifs is 1. The molecule has 3 aromatic rings. The Kier molecular flexibility index (Phi) is 6.77. The van der Waals surface area contributed by atoms with E-state index >= 15 is 0 Å². The van der Waals surface area contributed by atoms with Crippen molar-refractivity contribution in [2.75, 3.05) is 13.2 Å². The van der Waals surface area contributed by atoms with Crippen LogP contribution in [0.3, 0.4) is 0 Å². The number of aryl methyl sites for hydroxylation is 1. The number of hydrogen-bond acceptors (Lipinski definition) is 3. The van der Waals surface area contributed by atoms with E-state index in [1.165, 1.54) is 0 Å². The Morgan fingerprint density at radius 2 is 1.89 bits per heavy atom. The average Bonchev–Trinajstić information content (AvgIpc) is 2.71. The van der Waals surface area contributed by atoms with Crippen LogP contribution < -0.4 is 14.8 Å². The number of carbonyl (C=O) groups excluding carboxylic acids is 1. The van der Waals surface area contributed by atoms with Gasteiger partial charge in [0.05, 0.1) is 6.54 Å². The van der Waals surface area contributed by atoms with Crippen molar-refractivity contribution in [3.05, 3.63) is 71.2 Å². The summed E-state index contributed by atoms with van der Waals surface area (Å²) in [4.78, 5) is 12.4. The molecule has 0 saturated heterocycles. The number of benzene rings is 3. The quantitative estimate of drug-likeness (QED) is 0.534. The van der Waals surface area contributed by atoms with Crippen molar-refractivity contribution in [1.82, 2.24) is 5.32 Å². The van der Waals surface area contributed by atoms with E-state index in [2.05, 4.69) is 5.32 Å². The van der Waals surface area contributed by atoms with E-state index < -0.39 is 6.10 Å². The van der Waals surface area contributed by atoms with Crippen LogP contribution >= 0.6 is 11.6 Å². The third kappa shape index (κ3) is 4.96. The van der Waals surface area contributed by atoms with Gasteiger partial charge in [-0.1, -0.05) is 54.9 Å². The van der Waals surface area contributed by atoms with Gasteiger partial charge in [0.2, 0.25) is 0 Å². The average molecular weight is 398 g/mol.